The van der Waals surface area contributed by atoms with Gasteiger partial charge in [0.1, 0.15) is 6.04 Å². The largest absolute Gasteiger partial charge is 0.480 e. The Balaban J connectivity index is 2.04. The molecule has 0 spiro atoms. The van der Waals surface area contributed by atoms with Crippen molar-refractivity contribution in [2.75, 3.05) is 6.54 Å². The Morgan fingerprint density at radius 2 is 1.95 bits per heavy atom. The van der Waals surface area contributed by atoms with Crippen molar-refractivity contribution >= 4 is 45.8 Å². The molecule has 0 fully saturated rings. The van der Waals surface area contributed by atoms with Crippen LogP contribution in [0.3, 0.4) is 0 Å². The molecule has 0 heterocycles. The van der Waals surface area contributed by atoms with Gasteiger partial charge in [0.2, 0.25) is 0 Å². The molecule has 1 aromatic carbocycles. The summed E-state index contributed by atoms with van der Waals surface area (Å²) in [6.07, 6.45) is 5.15. The molecule has 122 valence electrons. The molecule has 4 N–H and O–H groups in total. The van der Waals surface area contributed by atoms with Crippen LogP contribution in [0.5, 0.6) is 0 Å². The van der Waals surface area contributed by atoms with Crippen LogP contribution >= 0.6 is 34.8 Å². The normalized spacial score (nSPS) is 11.9. The molecule has 0 aromatic heterocycles. The Hall–Kier alpha value is -0.730. The predicted octanol–water partition coefficient (Wildman–Crippen LogP) is 3.11. The number of hydrogen-bond acceptors (Lipinski definition) is 3. The zero-order valence-corrected chi connectivity index (χ0v) is 15.5. The van der Waals surface area contributed by atoms with Crippen molar-refractivity contribution < 1.29 is 9.90 Å². The van der Waals surface area contributed by atoms with Gasteiger partial charge in [0.25, 0.3) is 0 Å². The molecule has 0 aliphatic heterocycles. The standard InChI is InChI=1S/C16H23IN2O2S/c17-13-9-7-12(8-10-13)4-3-6-15(22)19-11-2-1-5-14(18)16(20)21/h7-10,14H,1-6,11,18H2,(H,19,22)(H,20,21)/t14-/m0/s1/i17-4. The lowest BCUT2D eigenvalue weighted by Crippen LogP contribution is -2.30. The molecule has 6 heteroatoms. The Labute approximate surface area is 151 Å². The summed E-state index contributed by atoms with van der Waals surface area (Å²) < 4.78 is 1.25. The van der Waals surface area contributed by atoms with E-state index in [0.717, 1.165) is 43.6 Å². The molecule has 0 radical (unpaired) electrons. The lowest BCUT2D eigenvalue weighted by molar-refractivity contribution is -0.138. The molecule has 0 saturated carbocycles. The van der Waals surface area contributed by atoms with Crippen molar-refractivity contribution in [2.45, 2.75) is 44.6 Å². The van der Waals surface area contributed by atoms with Crippen LogP contribution in [0.1, 0.15) is 37.7 Å². The summed E-state index contributed by atoms with van der Waals surface area (Å²) in [6.45, 7) is 0.786. The molecule has 0 aliphatic rings. The first-order chi connectivity index (χ1) is 10.5. The molecule has 4 nitrogen and oxygen atoms in total. The van der Waals surface area contributed by atoms with E-state index < -0.39 is 12.0 Å². The highest BCUT2D eigenvalue weighted by Crippen LogP contribution is 2.09. The summed E-state index contributed by atoms with van der Waals surface area (Å²) in [5, 5.41) is 11.9. The van der Waals surface area contributed by atoms with Crippen molar-refractivity contribution in [3.05, 3.63) is 33.4 Å². The topological polar surface area (TPSA) is 75.3 Å². The van der Waals surface area contributed by atoms with Gasteiger partial charge in [-0.3, -0.25) is 4.79 Å². The number of carboxylic acid groups (broad SMARTS) is 1. The first-order valence-corrected chi connectivity index (χ1v) is 8.97. The van der Waals surface area contributed by atoms with E-state index in [0.29, 0.717) is 6.42 Å². The molecule has 22 heavy (non-hydrogen) atoms. The van der Waals surface area contributed by atoms with E-state index in [1.807, 2.05) is 0 Å². The third-order valence-electron chi connectivity index (χ3n) is 3.36. The zero-order valence-electron chi connectivity index (χ0n) is 12.6. The van der Waals surface area contributed by atoms with E-state index in [2.05, 4.69) is 52.2 Å². The second-order valence-corrected chi connectivity index (χ2v) is 7.01. The van der Waals surface area contributed by atoms with E-state index in [9.17, 15) is 4.79 Å². The predicted molar refractivity (Wildman–Crippen MR) is 102 cm³/mol. The Bertz CT molecular complexity index is 480. The van der Waals surface area contributed by atoms with Crippen LogP contribution in [0.25, 0.3) is 0 Å². The number of carbonyl (C=O) groups is 1. The molecule has 0 bridgehead atoms. The number of nitrogens with one attached hydrogen (secondary N) is 1. The molecular weight excluding hydrogens is 407 g/mol. The first-order valence-electron chi connectivity index (χ1n) is 7.48. The van der Waals surface area contributed by atoms with E-state index in [1.165, 1.54) is 9.13 Å². The van der Waals surface area contributed by atoms with Crippen molar-refractivity contribution in [2.24, 2.45) is 5.73 Å². The van der Waals surface area contributed by atoms with Crippen LogP contribution in [-0.4, -0.2) is 28.7 Å². The summed E-state index contributed by atoms with van der Waals surface area (Å²) >= 11 is 7.60. The van der Waals surface area contributed by atoms with Crippen LogP contribution in [-0.2, 0) is 11.2 Å². The van der Waals surface area contributed by atoms with E-state index in [-0.39, 0.29) is 0 Å². The number of aryl methyl sites for hydroxylation is 1. The molecule has 1 atom stereocenters. The van der Waals surface area contributed by atoms with E-state index >= 15 is 0 Å². The SMILES string of the molecule is N[C@@H](CCCCNC(=S)CCCc1ccc([123I])cc1)C(=O)O. The fraction of sp³-hybridized carbons (Fsp3) is 0.500. The molecular formula is C16H23IN2O2S. The minimum absolute atomic E-state index is 0.510. The molecule has 0 amide bonds. The molecule has 1 aromatic rings. The number of benzene rings is 1. The highest BCUT2D eigenvalue weighted by molar-refractivity contribution is 14.1. The van der Waals surface area contributed by atoms with Gasteiger partial charge in [0.15, 0.2) is 0 Å². The van der Waals surface area contributed by atoms with Crippen molar-refractivity contribution in [3.8, 4) is 0 Å². The van der Waals surface area contributed by atoms with E-state index in [1.54, 1.807) is 0 Å². The lowest BCUT2D eigenvalue weighted by atomic mass is 10.1. The number of aliphatic carboxylic acids is 1. The van der Waals surface area contributed by atoms with Crippen LogP contribution in [0.4, 0.5) is 0 Å². The molecule has 0 aliphatic carbocycles. The third kappa shape index (κ3) is 8.65. The molecule has 1 rings (SSSR count). The Morgan fingerprint density at radius 3 is 2.59 bits per heavy atom. The zero-order chi connectivity index (χ0) is 16.4. The quantitative estimate of drug-likeness (QED) is 0.302. The maximum Gasteiger partial charge on any atom is 0.320 e. The summed E-state index contributed by atoms with van der Waals surface area (Å²) in [4.78, 5) is 11.4. The fourth-order valence-electron chi connectivity index (χ4n) is 2.03. The fourth-order valence-corrected chi connectivity index (χ4v) is 2.64. The second kappa shape index (κ2) is 10.9. The Morgan fingerprint density at radius 1 is 1.27 bits per heavy atom. The Kier molecular flexibility index (Phi) is 9.58. The highest BCUT2D eigenvalue weighted by Gasteiger charge is 2.09. The van der Waals surface area contributed by atoms with Crippen molar-refractivity contribution in [3.63, 3.8) is 0 Å². The smallest absolute Gasteiger partial charge is 0.320 e. The maximum absolute atomic E-state index is 10.6. The van der Waals surface area contributed by atoms with Gasteiger partial charge in [-0.25, -0.2) is 0 Å². The summed E-state index contributed by atoms with van der Waals surface area (Å²) in [5.74, 6) is -0.931. The first kappa shape index (κ1) is 19.3. The van der Waals surface area contributed by atoms with Gasteiger partial charge in [-0.05, 0) is 78.8 Å². The number of halogens is 1. The van der Waals surface area contributed by atoms with Gasteiger partial charge >= 0.3 is 5.97 Å². The summed E-state index contributed by atoms with van der Waals surface area (Å²) in [6, 6.07) is 7.80. The minimum Gasteiger partial charge on any atom is -0.480 e. The lowest BCUT2D eigenvalue weighted by Gasteiger charge is -2.09. The number of thiocarbonyl (C=S) groups is 1. The number of unbranched alkanes of at least 4 members (excludes halogenated alkanes) is 1. The van der Waals surface area contributed by atoms with Crippen LogP contribution in [0, 0.1) is 3.57 Å². The number of carboxylic acids is 1. The summed E-state index contributed by atoms with van der Waals surface area (Å²) in [7, 11) is 0. The second-order valence-electron chi connectivity index (χ2n) is 5.27. The van der Waals surface area contributed by atoms with Crippen LogP contribution < -0.4 is 11.1 Å². The van der Waals surface area contributed by atoms with Crippen molar-refractivity contribution in [1.82, 2.24) is 5.32 Å². The third-order valence-corrected chi connectivity index (χ3v) is 4.43. The minimum atomic E-state index is -0.931. The molecule has 0 unspecified atom stereocenters. The van der Waals surface area contributed by atoms with Gasteiger partial charge < -0.3 is 16.2 Å². The average Bonchev–Trinajstić information content (AvgIpc) is 2.48. The van der Waals surface area contributed by atoms with Gasteiger partial charge in [-0.1, -0.05) is 24.4 Å². The van der Waals surface area contributed by atoms with Crippen LogP contribution in [0.2, 0.25) is 0 Å². The average molecular weight is 430 g/mol. The van der Waals surface area contributed by atoms with E-state index in [4.69, 9.17) is 23.1 Å². The maximum atomic E-state index is 10.6. The van der Waals surface area contributed by atoms with Crippen LogP contribution in [0.15, 0.2) is 24.3 Å². The van der Waals surface area contributed by atoms with Gasteiger partial charge in [-0.15, -0.1) is 0 Å². The number of nitrogens with two attached hydrogens (primary N) is 1. The van der Waals surface area contributed by atoms with Gasteiger partial charge in [-0.2, -0.15) is 0 Å². The van der Waals surface area contributed by atoms with Gasteiger partial charge in [0, 0.05) is 10.1 Å². The highest BCUT2D eigenvalue weighted by atomic mass is 123. The van der Waals surface area contributed by atoms with Gasteiger partial charge in [0.05, 0.1) is 4.99 Å². The number of hydrogen-bond donors (Lipinski definition) is 3. The summed E-state index contributed by atoms with van der Waals surface area (Å²) in [5.41, 5.74) is 6.78. The number of rotatable bonds is 10. The van der Waals surface area contributed by atoms with Crippen molar-refractivity contribution in [1.29, 1.82) is 0 Å². The molecule has 0 saturated heterocycles. The monoisotopic (exact) mass is 430 g/mol.